The molecule has 0 aliphatic rings. The maximum Gasteiger partial charge on any atom is 0.341 e. The minimum Gasteiger partial charge on any atom is -0.465 e. The fourth-order valence-corrected chi connectivity index (χ4v) is 4.36. The summed E-state index contributed by atoms with van der Waals surface area (Å²) in [7, 11) is 2.40. The largest absolute Gasteiger partial charge is 0.465 e. The summed E-state index contributed by atoms with van der Waals surface area (Å²) >= 11 is 9.46. The van der Waals surface area contributed by atoms with Crippen LogP contribution in [0.2, 0.25) is 5.02 Å². The first-order valence-corrected chi connectivity index (χ1v) is 10.3. The smallest absolute Gasteiger partial charge is 0.341 e. The second-order valence-corrected chi connectivity index (χ2v) is 7.94. The number of esters is 2. The van der Waals surface area contributed by atoms with Gasteiger partial charge in [0.1, 0.15) is 16.8 Å². The van der Waals surface area contributed by atoms with Crippen LogP contribution in [0.25, 0.3) is 16.4 Å². The van der Waals surface area contributed by atoms with Crippen molar-refractivity contribution >= 4 is 61.7 Å². The zero-order chi connectivity index (χ0) is 22.3. The number of ether oxygens (including phenoxy) is 2. The number of benzene rings is 2. The molecule has 31 heavy (non-hydrogen) atoms. The lowest BCUT2D eigenvalue weighted by molar-refractivity contribution is 0.0556. The highest BCUT2D eigenvalue weighted by Crippen LogP contribution is 2.36. The zero-order valence-corrected chi connectivity index (χ0v) is 18.8. The lowest BCUT2D eigenvalue weighted by Gasteiger charge is -2.10. The van der Waals surface area contributed by atoms with E-state index in [9.17, 15) is 14.4 Å². The van der Waals surface area contributed by atoms with Crippen LogP contribution in [0, 0.1) is 0 Å². The quantitative estimate of drug-likeness (QED) is 0.280. The monoisotopic (exact) mass is 499 g/mol. The highest BCUT2D eigenvalue weighted by atomic mass is 79.9. The Hall–Kier alpha value is -3.16. The molecule has 0 saturated carbocycles. The zero-order valence-electron chi connectivity index (χ0n) is 16.4. The van der Waals surface area contributed by atoms with Crippen LogP contribution >= 0.6 is 27.5 Å². The molecule has 0 radical (unpaired) electrons. The van der Waals surface area contributed by atoms with Gasteiger partial charge in [0.15, 0.2) is 0 Å². The Morgan fingerprint density at radius 3 is 2.16 bits per heavy atom. The Labute approximate surface area is 190 Å². The van der Waals surface area contributed by atoms with Crippen LogP contribution < -0.4 is 0 Å². The number of aromatic nitrogens is 1. The molecule has 0 spiro atoms. The molecule has 2 aromatic heterocycles. The number of methoxy groups -OCH3 is 2. The molecular formula is C23H15BrClNO5. The fourth-order valence-electron chi connectivity index (χ4n) is 3.61. The maximum absolute atomic E-state index is 13.7. The van der Waals surface area contributed by atoms with Crippen molar-refractivity contribution in [3.05, 3.63) is 86.5 Å². The van der Waals surface area contributed by atoms with Gasteiger partial charge >= 0.3 is 11.9 Å². The molecule has 0 atom stereocenters. The molecule has 6 nitrogen and oxygen atoms in total. The highest BCUT2D eigenvalue weighted by Gasteiger charge is 2.34. The molecule has 8 heteroatoms. The van der Waals surface area contributed by atoms with Crippen LogP contribution in [-0.4, -0.2) is 36.3 Å². The van der Waals surface area contributed by atoms with Crippen LogP contribution in [-0.2, 0) is 9.47 Å². The van der Waals surface area contributed by atoms with Gasteiger partial charge in [0.25, 0.3) is 0 Å². The Morgan fingerprint density at radius 2 is 1.52 bits per heavy atom. The molecule has 0 unspecified atom stereocenters. The number of fused-ring (bicyclic) bond motifs is 3. The Morgan fingerprint density at radius 1 is 0.903 bits per heavy atom. The number of nitrogens with zero attached hydrogens (tertiary/aromatic N) is 1. The number of rotatable bonds is 4. The number of pyridine rings is 1. The molecule has 0 amide bonds. The summed E-state index contributed by atoms with van der Waals surface area (Å²) in [6, 6.07) is 15.4. The van der Waals surface area contributed by atoms with Gasteiger partial charge < -0.3 is 13.9 Å². The summed E-state index contributed by atoms with van der Waals surface area (Å²) in [6.07, 6.45) is 0. The van der Waals surface area contributed by atoms with Gasteiger partial charge in [-0.1, -0.05) is 29.8 Å². The van der Waals surface area contributed by atoms with E-state index in [-0.39, 0.29) is 16.8 Å². The molecule has 2 heterocycles. The van der Waals surface area contributed by atoms with Gasteiger partial charge in [-0.25, -0.2) is 9.59 Å². The highest BCUT2D eigenvalue weighted by molar-refractivity contribution is 9.10. The second-order valence-electron chi connectivity index (χ2n) is 6.65. The van der Waals surface area contributed by atoms with Gasteiger partial charge in [-0.2, -0.15) is 0 Å². The third kappa shape index (κ3) is 3.40. The number of halogens is 2. The van der Waals surface area contributed by atoms with Gasteiger partial charge in [-0.05, 0) is 57.7 Å². The van der Waals surface area contributed by atoms with E-state index in [4.69, 9.17) is 21.1 Å². The number of carbonyl (C=O) groups is 3. The summed E-state index contributed by atoms with van der Waals surface area (Å²) in [4.78, 5) is 39.3. The molecule has 2 aromatic carbocycles. The summed E-state index contributed by atoms with van der Waals surface area (Å²) in [5, 5.41) is 1.27. The number of para-hydroxylation sites is 1. The molecule has 0 aliphatic carbocycles. The Bertz CT molecular complexity index is 1370. The first kappa shape index (κ1) is 21.1. The summed E-state index contributed by atoms with van der Waals surface area (Å²) in [5.41, 5.74) is 1.06. The van der Waals surface area contributed by atoms with Gasteiger partial charge in [-0.3, -0.25) is 4.79 Å². The van der Waals surface area contributed by atoms with Crippen LogP contribution in [0.3, 0.4) is 0 Å². The lowest BCUT2D eigenvalue weighted by Crippen LogP contribution is -2.15. The summed E-state index contributed by atoms with van der Waals surface area (Å²) in [5.74, 6) is -2.05. The molecular weight excluding hydrogens is 486 g/mol. The fraction of sp³-hybridized carbons (Fsp3) is 0.0870. The first-order valence-electron chi connectivity index (χ1n) is 9.11. The van der Waals surface area contributed by atoms with Crippen molar-refractivity contribution in [3.63, 3.8) is 0 Å². The Balaban J connectivity index is 2.24. The van der Waals surface area contributed by atoms with Crippen LogP contribution in [0.4, 0.5) is 0 Å². The van der Waals surface area contributed by atoms with Gasteiger partial charge in [0, 0.05) is 15.1 Å². The Kier molecular flexibility index (Phi) is 5.56. The predicted molar refractivity (Wildman–Crippen MR) is 120 cm³/mol. The van der Waals surface area contributed by atoms with E-state index >= 15 is 0 Å². The number of hydrogen-bond donors (Lipinski definition) is 0. The van der Waals surface area contributed by atoms with E-state index in [0.717, 1.165) is 5.39 Å². The van der Waals surface area contributed by atoms with Crippen LogP contribution in [0.5, 0.6) is 0 Å². The second kappa shape index (κ2) is 8.17. The van der Waals surface area contributed by atoms with Crippen molar-refractivity contribution in [1.29, 1.82) is 0 Å². The third-order valence-corrected chi connectivity index (χ3v) is 5.81. The number of carbonyl (C=O) groups excluding carboxylic acids is 3. The molecule has 0 bridgehead atoms. The average molecular weight is 501 g/mol. The minimum absolute atomic E-state index is 0.00192. The average Bonchev–Trinajstić information content (AvgIpc) is 3.15. The SMILES string of the molecule is COC(=O)c1c(C(=O)OC)c2c(Br)cc3ccccc3n2c1C(=O)c1ccc(Cl)cc1. The molecule has 0 saturated heterocycles. The van der Waals surface area contributed by atoms with Gasteiger partial charge in [-0.15, -0.1) is 0 Å². The van der Waals surface area contributed by atoms with E-state index in [0.29, 0.717) is 26.1 Å². The van der Waals surface area contributed by atoms with Gasteiger partial charge in [0.2, 0.25) is 5.78 Å². The standard InChI is InChI=1S/C23H15BrClNO5/c1-30-22(28)17-18(23(29)31-2)20(21(27)12-7-9-14(25)10-8-12)26-16-6-4-3-5-13(16)11-15(24)19(17)26/h3-11H,1-2H3. The van der Waals surface area contributed by atoms with E-state index in [2.05, 4.69) is 15.9 Å². The topological polar surface area (TPSA) is 74.1 Å². The van der Waals surface area contributed by atoms with Crippen LogP contribution in [0.1, 0.15) is 36.8 Å². The first-order chi connectivity index (χ1) is 14.9. The minimum atomic E-state index is -0.822. The molecule has 0 aliphatic heterocycles. The van der Waals surface area contributed by atoms with Crippen molar-refractivity contribution in [2.75, 3.05) is 14.2 Å². The predicted octanol–water partition coefficient (Wildman–Crippen LogP) is 5.31. The van der Waals surface area contributed by atoms with E-state index in [1.165, 1.54) is 14.2 Å². The van der Waals surface area contributed by atoms with Crippen molar-refractivity contribution in [3.8, 4) is 0 Å². The van der Waals surface area contributed by atoms with E-state index in [1.807, 2.05) is 24.3 Å². The number of hydrogen-bond acceptors (Lipinski definition) is 5. The molecule has 0 N–H and O–H groups in total. The number of ketones is 1. The normalized spacial score (nSPS) is 11.0. The van der Waals surface area contributed by atoms with E-state index in [1.54, 1.807) is 34.7 Å². The third-order valence-electron chi connectivity index (χ3n) is 4.96. The summed E-state index contributed by atoms with van der Waals surface area (Å²) < 4.78 is 12.0. The summed E-state index contributed by atoms with van der Waals surface area (Å²) in [6.45, 7) is 0. The van der Waals surface area contributed by atoms with Crippen molar-refractivity contribution in [1.82, 2.24) is 4.40 Å². The van der Waals surface area contributed by atoms with Gasteiger partial charge in [0.05, 0.1) is 25.3 Å². The molecule has 4 aromatic rings. The molecule has 0 fully saturated rings. The molecule has 156 valence electrons. The van der Waals surface area contributed by atoms with Crippen molar-refractivity contribution < 1.29 is 23.9 Å². The van der Waals surface area contributed by atoms with Crippen molar-refractivity contribution in [2.24, 2.45) is 0 Å². The van der Waals surface area contributed by atoms with Crippen molar-refractivity contribution in [2.45, 2.75) is 0 Å². The lowest BCUT2D eigenvalue weighted by atomic mass is 10.0. The van der Waals surface area contributed by atoms with Crippen LogP contribution in [0.15, 0.2) is 59.1 Å². The molecule has 4 rings (SSSR count). The maximum atomic E-state index is 13.7. The van der Waals surface area contributed by atoms with E-state index < -0.39 is 17.7 Å².